The molecule has 0 aromatic heterocycles. The quantitative estimate of drug-likeness (QED) is 0.447. The number of carboxylic acid groups (broad SMARTS) is 1. The summed E-state index contributed by atoms with van der Waals surface area (Å²) >= 11 is 0. The van der Waals surface area contributed by atoms with Crippen molar-refractivity contribution in [2.24, 2.45) is 17.4 Å². The van der Waals surface area contributed by atoms with Crippen LogP contribution in [0, 0.1) is 5.92 Å². The molecule has 7 heteroatoms. The molecule has 98 valence electrons. The minimum Gasteiger partial charge on any atom is -0.480 e. The van der Waals surface area contributed by atoms with Gasteiger partial charge in [-0.1, -0.05) is 20.3 Å². The largest absolute Gasteiger partial charge is 0.480 e. The summed E-state index contributed by atoms with van der Waals surface area (Å²) in [6, 6.07) is -2.12. The smallest absolute Gasteiger partial charge is 0.326 e. The standard InChI is InChI=1S/C10H19N3O4/c1-3-5(2)8(10(16)17)13-9(15)6(11)4-7(12)14/h5-6,8H,3-4,11H2,1-2H3,(H2,12,14)(H,13,15)(H,16,17)/t5-,6?,8-/m0/s1. The minimum atomic E-state index is -1.13. The molecule has 0 saturated carbocycles. The van der Waals surface area contributed by atoms with Gasteiger partial charge in [-0.15, -0.1) is 0 Å². The highest BCUT2D eigenvalue weighted by molar-refractivity contribution is 5.90. The van der Waals surface area contributed by atoms with E-state index in [0.29, 0.717) is 6.42 Å². The summed E-state index contributed by atoms with van der Waals surface area (Å²) in [7, 11) is 0. The third kappa shape index (κ3) is 5.30. The van der Waals surface area contributed by atoms with Gasteiger partial charge in [0, 0.05) is 0 Å². The number of aliphatic carboxylic acids is 1. The number of hydrogen-bond donors (Lipinski definition) is 4. The number of carbonyl (C=O) groups excluding carboxylic acids is 2. The first kappa shape index (κ1) is 15.4. The summed E-state index contributed by atoms with van der Waals surface area (Å²) in [6.07, 6.45) is 0.293. The highest BCUT2D eigenvalue weighted by atomic mass is 16.4. The first-order valence-electron chi connectivity index (χ1n) is 5.36. The molecule has 0 radical (unpaired) electrons. The van der Waals surface area contributed by atoms with Crippen LogP contribution in [0.3, 0.4) is 0 Å². The Bertz CT molecular complexity index is 306. The second kappa shape index (κ2) is 6.85. The lowest BCUT2D eigenvalue weighted by Crippen LogP contribution is -2.51. The molecule has 1 unspecified atom stereocenters. The lowest BCUT2D eigenvalue weighted by molar-refractivity contribution is -0.143. The molecule has 0 fully saturated rings. The summed E-state index contributed by atoms with van der Waals surface area (Å²) in [4.78, 5) is 33.0. The molecule has 0 aliphatic heterocycles. The van der Waals surface area contributed by atoms with Crippen LogP contribution in [0.1, 0.15) is 26.7 Å². The van der Waals surface area contributed by atoms with Gasteiger partial charge in [0.15, 0.2) is 0 Å². The van der Waals surface area contributed by atoms with E-state index in [1.54, 1.807) is 6.92 Å². The predicted octanol–water partition coefficient (Wildman–Crippen LogP) is -1.20. The van der Waals surface area contributed by atoms with Crippen LogP contribution in [-0.2, 0) is 14.4 Å². The third-order valence-corrected chi connectivity index (χ3v) is 2.53. The first-order chi connectivity index (χ1) is 7.79. The number of primary amides is 1. The van der Waals surface area contributed by atoms with E-state index in [4.69, 9.17) is 16.6 Å². The summed E-state index contributed by atoms with van der Waals surface area (Å²) in [6.45, 7) is 3.52. The topological polar surface area (TPSA) is 136 Å². The van der Waals surface area contributed by atoms with Crippen molar-refractivity contribution >= 4 is 17.8 Å². The number of nitrogens with one attached hydrogen (secondary N) is 1. The number of carbonyl (C=O) groups is 3. The van der Waals surface area contributed by atoms with Crippen molar-refractivity contribution in [1.82, 2.24) is 5.32 Å². The zero-order valence-corrected chi connectivity index (χ0v) is 9.97. The molecule has 0 saturated heterocycles. The maximum atomic E-state index is 11.5. The summed E-state index contributed by atoms with van der Waals surface area (Å²) in [5.74, 6) is -2.74. The van der Waals surface area contributed by atoms with Crippen molar-refractivity contribution in [3.8, 4) is 0 Å². The Kier molecular flexibility index (Phi) is 6.19. The Morgan fingerprint density at radius 3 is 2.24 bits per heavy atom. The number of rotatable bonds is 7. The van der Waals surface area contributed by atoms with Crippen molar-refractivity contribution in [3.63, 3.8) is 0 Å². The molecule has 0 aromatic rings. The molecule has 0 rings (SSSR count). The summed E-state index contributed by atoms with van der Waals surface area (Å²) in [5, 5.41) is 11.2. The van der Waals surface area contributed by atoms with Gasteiger partial charge in [0.1, 0.15) is 6.04 Å². The van der Waals surface area contributed by atoms with Crippen molar-refractivity contribution in [2.45, 2.75) is 38.8 Å². The molecular formula is C10H19N3O4. The molecule has 6 N–H and O–H groups in total. The molecule has 0 bridgehead atoms. The molecule has 2 amide bonds. The van der Waals surface area contributed by atoms with Gasteiger partial charge in [0.25, 0.3) is 0 Å². The van der Waals surface area contributed by atoms with Gasteiger partial charge in [-0.3, -0.25) is 9.59 Å². The van der Waals surface area contributed by atoms with Gasteiger partial charge < -0.3 is 21.9 Å². The molecule has 0 aromatic carbocycles. The zero-order valence-electron chi connectivity index (χ0n) is 9.97. The van der Waals surface area contributed by atoms with Gasteiger partial charge >= 0.3 is 5.97 Å². The molecule has 7 nitrogen and oxygen atoms in total. The van der Waals surface area contributed by atoms with Crippen LogP contribution in [-0.4, -0.2) is 35.0 Å². The van der Waals surface area contributed by atoms with Crippen LogP contribution in [0.5, 0.6) is 0 Å². The van der Waals surface area contributed by atoms with Gasteiger partial charge in [-0.25, -0.2) is 4.79 Å². The monoisotopic (exact) mass is 245 g/mol. The molecule has 0 heterocycles. The number of amides is 2. The average Bonchev–Trinajstić information content (AvgIpc) is 2.22. The fraction of sp³-hybridized carbons (Fsp3) is 0.700. The maximum absolute atomic E-state index is 11.5. The number of hydrogen-bond acceptors (Lipinski definition) is 4. The Hall–Kier alpha value is -1.63. The Labute approximate surface area is 99.5 Å². The lowest BCUT2D eigenvalue weighted by Gasteiger charge is -2.21. The van der Waals surface area contributed by atoms with Crippen molar-refractivity contribution in [2.75, 3.05) is 0 Å². The van der Waals surface area contributed by atoms with Crippen LogP contribution in [0.15, 0.2) is 0 Å². The Morgan fingerprint density at radius 1 is 1.35 bits per heavy atom. The molecule has 0 spiro atoms. The van der Waals surface area contributed by atoms with E-state index in [2.05, 4.69) is 5.32 Å². The lowest BCUT2D eigenvalue weighted by atomic mass is 9.99. The van der Waals surface area contributed by atoms with E-state index in [9.17, 15) is 14.4 Å². The van der Waals surface area contributed by atoms with E-state index >= 15 is 0 Å². The van der Waals surface area contributed by atoms with Crippen molar-refractivity contribution in [1.29, 1.82) is 0 Å². The SMILES string of the molecule is CC[C@H](C)[C@H](NC(=O)C(N)CC(N)=O)C(=O)O. The molecule has 0 aliphatic carbocycles. The highest BCUT2D eigenvalue weighted by Gasteiger charge is 2.27. The molecule has 3 atom stereocenters. The van der Waals surface area contributed by atoms with Crippen molar-refractivity contribution < 1.29 is 19.5 Å². The minimum absolute atomic E-state index is 0.225. The Morgan fingerprint density at radius 2 is 1.88 bits per heavy atom. The predicted molar refractivity (Wildman–Crippen MR) is 60.8 cm³/mol. The highest BCUT2D eigenvalue weighted by Crippen LogP contribution is 2.08. The second-order valence-electron chi connectivity index (χ2n) is 3.99. The van der Waals surface area contributed by atoms with Crippen LogP contribution in [0.2, 0.25) is 0 Å². The van der Waals surface area contributed by atoms with Crippen LogP contribution < -0.4 is 16.8 Å². The molecule has 0 aliphatic rings. The number of carboxylic acids is 1. The second-order valence-corrected chi connectivity index (χ2v) is 3.99. The number of nitrogens with two attached hydrogens (primary N) is 2. The van der Waals surface area contributed by atoms with Crippen LogP contribution in [0.25, 0.3) is 0 Å². The third-order valence-electron chi connectivity index (χ3n) is 2.53. The van der Waals surface area contributed by atoms with Gasteiger partial charge in [-0.05, 0) is 5.92 Å². The van der Waals surface area contributed by atoms with Crippen LogP contribution in [0.4, 0.5) is 0 Å². The Balaban J connectivity index is 4.50. The van der Waals surface area contributed by atoms with E-state index in [1.807, 2.05) is 6.92 Å². The van der Waals surface area contributed by atoms with E-state index in [0.717, 1.165) is 0 Å². The van der Waals surface area contributed by atoms with Crippen molar-refractivity contribution in [3.05, 3.63) is 0 Å². The van der Waals surface area contributed by atoms with E-state index in [1.165, 1.54) is 0 Å². The zero-order chi connectivity index (χ0) is 13.6. The maximum Gasteiger partial charge on any atom is 0.326 e. The van der Waals surface area contributed by atoms with E-state index < -0.39 is 29.9 Å². The summed E-state index contributed by atoms with van der Waals surface area (Å²) in [5.41, 5.74) is 10.3. The van der Waals surface area contributed by atoms with Gasteiger partial charge in [0.05, 0.1) is 12.5 Å². The fourth-order valence-electron chi connectivity index (χ4n) is 1.25. The molecule has 17 heavy (non-hydrogen) atoms. The molecular weight excluding hydrogens is 226 g/mol. The average molecular weight is 245 g/mol. The normalized spacial score (nSPS) is 15.7. The van der Waals surface area contributed by atoms with Gasteiger partial charge in [0.2, 0.25) is 11.8 Å². The fourth-order valence-corrected chi connectivity index (χ4v) is 1.25. The first-order valence-corrected chi connectivity index (χ1v) is 5.36. The summed E-state index contributed by atoms with van der Waals surface area (Å²) < 4.78 is 0. The van der Waals surface area contributed by atoms with Crippen LogP contribution >= 0.6 is 0 Å². The van der Waals surface area contributed by atoms with Gasteiger partial charge in [-0.2, -0.15) is 0 Å². The van der Waals surface area contributed by atoms with E-state index in [-0.39, 0.29) is 12.3 Å².